The minimum absolute atomic E-state index is 0.0308. The third kappa shape index (κ3) is 4.32. The summed E-state index contributed by atoms with van der Waals surface area (Å²) >= 11 is 0. The van der Waals surface area contributed by atoms with Gasteiger partial charge in [0.25, 0.3) is 0 Å². The summed E-state index contributed by atoms with van der Waals surface area (Å²) in [5, 5.41) is 0. The van der Waals surface area contributed by atoms with Gasteiger partial charge in [0, 0.05) is 24.7 Å². The van der Waals surface area contributed by atoms with Gasteiger partial charge in [0.2, 0.25) is 0 Å². The molecule has 2 aliphatic heterocycles. The summed E-state index contributed by atoms with van der Waals surface area (Å²) < 4.78 is 38.5. The first-order valence-electron chi connectivity index (χ1n) is 11.9. The quantitative estimate of drug-likeness (QED) is 0.649. The van der Waals surface area contributed by atoms with Crippen LogP contribution in [0.5, 0.6) is 0 Å². The molecule has 0 unspecified atom stereocenters. The summed E-state index contributed by atoms with van der Waals surface area (Å²) in [5.41, 5.74) is 2.03. The maximum absolute atomic E-state index is 15.1. The highest BCUT2D eigenvalue weighted by molar-refractivity contribution is 5.30. The smallest absolute Gasteiger partial charge is 0.168 e. The van der Waals surface area contributed by atoms with Crippen LogP contribution in [0.2, 0.25) is 0 Å². The summed E-state index contributed by atoms with van der Waals surface area (Å²) in [6.07, 6.45) is 7.92. The molecule has 4 nitrogen and oxygen atoms in total. The lowest BCUT2D eigenvalue weighted by Gasteiger charge is -2.37. The molecule has 2 saturated heterocycles. The molecule has 0 aromatic heterocycles. The second kappa shape index (κ2) is 8.85. The number of rotatable bonds is 3. The van der Waals surface area contributed by atoms with Gasteiger partial charge in [-0.2, -0.15) is 0 Å². The number of hydrogen-bond donors (Lipinski definition) is 0. The molecule has 4 aliphatic rings. The average molecular weight is 419 g/mol. The third-order valence-corrected chi connectivity index (χ3v) is 7.74. The fourth-order valence-corrected chi connectivity index (χ4v) is 5.89. The molecule has 1 aromatic rings. The Morgan fingerprint density at radius 2 is 1.53 bits per heavy atom. The molecular formula is C25H35FO4. The van der Waals surface area contributed by atoms with Gasteiger partial charge < -0.3 is 18.9 Å². The molecule has 0 N–H and O–H groups in total. The fraction of sp³-hybridized carbons (Fsp3) is 0.760. The normalized spacial score (nSPS) is 35.0. The van der Waals surface area contributed by atoms with Crippen molar-refractivity contribution < 1.29 is 23.3 Å². The standard InChI is InChI=1S/C25H35FO4/c1-17-15-27-24(28-16-17)20-4-2-18(3-5-20)21-6-7-22(23(26)14-21)19-8-10-25(11-9-19)29-12-13-30-25/h6-7,14,17-20,24H,2-5,8-13,15-16H2,1H3. The van der Waals surface area contributed by atoms with Crippen LogP contribution in [-0.4, -0.2) is 38.5 Å². The van der Waals surface area contributed by atoms with E-state index in [-0.39, 0.29) is 23.8 Å². The first-order valence-corrected chi connectivity index (χ1v) is 11.9. The molecule has 5 rings (SSSR count). The molecule has 2 heterocycles. The average Bonchev–Trinajstić information content (AvgIpc) is 3.23. The number of hydrogen-bond acceptors (Lipinski definition) is 4. The van der Waals surface area contributed by atoms with Crippen molar-refractivity contribution in [3.8, 4) is 0 Å². The van der Waals surface area contributed by atoms with Crippen LogP contribution in [-0.2, 0) is 18.9 Å². The SMILES string of the molecule is CC1COC(C2CCC(c3ccc(C4CCC5(CC4)OCCO5)c(F)c3)CC2)OC1. The molecule has 30 heavy (non-hydrogen) atoms. The van der Waals surface area contributed by atoms with E-state index in [4.69, 9.17) is 18.9 Å². The van der Waals surface area contributed by atoms with Gasteiger partial charge in [-0.25, -0.2) is 4.39 Å². The Hall–Kier alpha value is -1.01. The largest absolute Gasteiger partial charge is 0.352 e. The Kier molecular flexibility index (Phi) is 6.16. The zero-order valence-electron chi connectivity index (χ0n) is 18.1. The number of halogens is 1. The van der Waals surface area contributed by atoms with Crippen molar-refractivity contribution in [1.82, 2.24) is 0 Å². The Bertz CT molecular complexity index is 706. The predicted molar refractivity (Wildman–Crippen MR) is 112 cm³/mol. The van der Waals surface area contributed by atoms with Crippen LogP contribution in [0.25, 0.3) is 0 Å². The van der Waals surface area contributed by atoms with Gasteiger partial charge >= 0.3 is 0 Å². The van der Waals surface area contributed by atoms with Gasteiger partial charge in [-0.15, -0.1) is 0 Å². The highest BCUT2D eigenvalue weighted by Gasteiger charge is 2.41. The second-order valence-corrected chi connectivity index (χ2v) is 9.91. The fourth-order valence-electron chi connectivity index (χ4n) is 5.89. The van der Waals surface area contributed by atoms with E-state index < -0.39 is 0 Å². The topological polar surface area (TPSA) is 36.9 Å². The Balaban J connectivity index is 1.17. The van der Waals surface area contributed by atoms with Crippen molar-refractivity contribution in [2.45, 2.75) is 82.2 Å². The molecule has 2 saturated carbocycles. The first-order chi connectivity index (χ1) is 14.6. The Morgan fingerprint density at radius 1 is 0.867 bits per heavy atom. The van der Waals surface area contributed by atoms with E-state index in [1.807, 2.05) is 12.1 Å². The summed E-state index contributed by atoms with van der Waals surface area (Å²) in [7, 11) is 0. The molecule has 1 spiro atoms. The van der Waals surface area contributed by atoms with Gasteiger partial charge in [0.15, 0.2) is 12.1 Å². The highest BCUT2D eigenvalue weighted by Crippen LogP contribution is 2.44. The van der Waals surface area contributed by atoms with Crippen LogP contribution in [0, 0.1) is 17.7 Å². The molecule has 1 aromatic carbocycles. The van der Waals surface area contributed by atoms with Gasteiger partial charge in [0.05, 0.1) is 26.4 Å². The van der Waals surface area contributed by atoms with Crippen molar-refractivity contribution in [2.24, 2.45) is 11.8 Å². The van der Waals surface area contributed by atoms with Crippen LogP contribution in [0.4, 0.5) is 4.39 Å². The molecule has 5 heteroatoms. The minimum atomic E-state index is -0.380. The lowest BCUT2D eigenvalue weighted by Crippen LogP contribution is -2.37. The molecule has 4 fully saturated rings. The van der Waals surface area contributed by atoms with Crippen LogP contribution >= 0.6 is 0 Å². The lowest BCUT2D eigenvalue weighted by atomic mass is 9.77. The Labute approximate surface area is 179 Å². The molecule has 2 aliphatic carbocycles. The zero-order chi connectivity index (χ0) is 20.6. The monoisotopic (exact) mass is 418 g/mol. The number of benzene rings is 1. The number of ether oxygens (including phenoxy) is 4. The second-order valence-electron chi connectivity index (χ2n) is 9.91. The lowest BCUT2D eigenvalue weighted by molar-refractivity contribution is -0.226. The van der Waals surface area contributed by atoms with E-state index in [9.17, 15) is 0 Å². The molecule has 0 atom stereocenters. The maximum atomic E-state index is 15.1. The predicted octanol–water partition coefficient (Wildman–Crippen LogP) is 5.51. The van der Waals surface area contributed by atoms with Gasteiger partial charge in [0.1, 0.15) is 5.82 Å². The van der Waals surface area contributed by atoms with E-state index in [2.05, 4.69) is 13.0 Å². The van der Waals surface area contributed by atoms with Crippen LogP contribution in [0.15, 0.2) is 18.2 Å². The first kappa shape index (κ1) is 20.9. The minimum Gasteiger partial charge on any atom is -0.352 e. The van der Waals surface area contributed by atoms with Crippen molar-refractivity contribution >= 4 is 0 Å². The summed E-state index contributed by atoms with van der Waals surface area (Å²) in [6.45, 7) is 5.14. The van der Waals surface area contributed by atoms with E-state index >= 15 is 4.39 Å². The van der Waals surface area contributed by atoms with E-state index in [0.29, 0.717) is 31.0 Å². The van der Waals surface area contributed by atoms with Crippen molar-refractivity contribution in [3.63, 3.8) is 0 Å². The molecule has 0 bridgehead atoms. The molecule has 0 amide bonds. The summed E-state index contributed by atoms with van der Waals surface area (Å²) in [5.74, 6) is 1.28. The van der Waals surface area contributed by atoms with Gasteiger partial charge in [-0.3, -0.25) is 0 Å². The molecule has 0 radical (unpaired) electrons. The Morgan fingerprint density at radius 3 is 2.17 bits per heavy atom. The summed E-state index contributed by atoms with van der Waals surface area (Å²) in [6, 6.07) is 6.03. The van der Waals surface area contributed by atoms with Gasteiger partial charge in [-0.1, -0.05) is 19.1 Å². The van der Waals surface area contributed by atoms with Crippen LogP contribution in [0.3, 0.4) is 0 Å². The van der Waals surface area contributed by atoms with E-state index in [0.717, 1.165) is 75.7 Å². The van der Waals surface area contributed by atoms with Crippen LogP contribution < -0.4 is 0 Å². The molecule has 166 valence electrons. The molecular weight excluding hydrogens is 383 g/mol. The summed E-state index contributed by atoms with van der Waals surface area (Å²) in [4.78, 5) is 0. The van der Waals surface area contributed by atoms with E-state index in [1.165, 1.54) is 0 Å². The van der Waals surface area contributed by atoms with Crippen molar-refractivity contribution in [3.05, 3.63) is 35.1 Å². The third-order valence-electron chi connectivity index (χ3n) is 7.74. The van der Waals surface area contributed by atoms with Crippen molar-refractivity contribution in [1.29, 1.82) is 0 Å². The van der Waals surface area contributed by atoms with Crippen LogP contribution in [0.1, 0.15) is 81.3 Å². The van der Waals surface area contributed by atoms with Crippen molar-refractivity contribution in [2.75, 3.05) is 26.4 Å². The highest BCUT2D eigenvalue weighted by atomic mass is 19.1. The van der Waals surface area contributed by atoms with E-state index in [1.54, 1.807) is 0 Å². The zero-order valence-corrected chi connectivity index (χ0v) is 18.1. The maximum Gasteiger partial charge on any atom is 0.168 e. The van der Waals surface area contributed by atoms with Gasteiger partial charge in [-0.05, 0) is 67.6 Å².